The van der Waals surface area contributed by atoms with Gasteiger partial charge in [0.1, 0.15) is 6.10 Å². The summed E-state index contributed by atoms with van der Waals surface area (Å²) in [6.07, 6.45) is 2.21. The summed E-state index contributed by atoms with van der Waals surface area (Å²) in [5.74, 6) is 1.20. The molecule has 1 unspecified atom stereocenters. The lowest BCUT2D eigenvalue weighted by molar-refractivity contribution is 0.0928. The van der Waals surface area contributed by atoms with E-state index in [2.05, 4.69) is 17.3 Å². The zero-order valence-electron chi connectivity index (χ0n) is 13.0. The average molecular weight is 292 g/mol. The molecule has 1 aliphatic rings. The fourth-order valence-corrected chi connectivity index (χ4v) is 2.66. The Morgan fingerprint density at radius 2 is 2.29 bits per heavy atom. The Bertz CT molecular complexity index is 490. The molecule has 0 spiro atoms. The number of hydrogen-bond donors (Lipinski definition) is 1. The minimum Gasteiger partial charge on any atom is -0.493 e. The highest BCUT2D eigenvalue weighted by Crippen LogP contribution is 2.33. The number of methoxy groups -OCH3 is 1. The van der Waals surface area contributed by atoms with E-state index in [0.29, 0.717) is 17.1 Å². The van der Waals surface area contributed by atoms with E-state index in [-0.39, 0.29) is 18.4 Å². The molecule has 1 aromatic carbocycles. The normalized spacial score (nSPS) is 19.3. The quantitative estimate of drug-likeness (QED) is 0.807. The van der Waals surface area contributed by atoms with Gasteiger partial charge in [0.15, 0.2) is 17.3 Å². The molecule has 1 fully saturated rings. The van der Waals surface area contributed by atoms with Crippen LogP contribution in [0.5, 0.6) is 11.5 Å². The van der Waals surface area contributed by atoms with E-state index < -0.39 is 0 Å². The number of Topliss-reactive ketones (excluding diaryl/α,β-unsaturated/α-hetero) is 1. The van der Waals surface area contributed by atoms with Gasteiger partial charge >= 0.3 is 0 Å². The summed E-state index contributed by atoms with van der Waals surface area (Å²) >= 11 is 0. The van der Waals surface area contributed by atoms with E-state index in [0.717, 1.165) is 25.9 Å². The van der Waals surface area contributed by atoms with Crippen molar-refractivity contribution in [3.63, 3.8) is 0 Å². The molecule has 0 saturated carbocycles. The van der Waals surface area contributed by atoms with Crippen LogP contribution in [0.25, 0.3) is 0 Å². The zero-order valence-corrected chi connectivity index (χ0v) is 13.0. The Hall–Kier alpha value is -1.59. The number of piperidine rings is 1. The van der Waals surface area contributed by atoms with Crippen molar-refractivity contribution >= 4 is 5.78 Å². The lowest BCUT2D eigenvalue weighted by Crippen LogP contribution is -2.39. The number of benzene rings is 1. The van der Waals surface area contributed by atoms with Crippen molar-refractivity contribution in [2.75, 3.05) is 40.8 Å². The van der Waals surface area contributed by atoms with Gasteiger partial charge in [-0.2, -0.15) is 0 Å². The van der Waals surface area contributed by atoms with E-state index in [1.54, 1.807) is 20.2 Å². The lowest BCUT2D eigenvalue weighted by atomic mass is 10.1. The Labute approximate surface area is 126 Å². The van der Waals surface area contributed by atoms with Crippen LogP contribution in [0.2, 0.25) is 0 Å². The standard InChI is InChI=1S/C16H24N2O3/c1-17-10-14(19)13-7-4-8-15(20-3)16(13)21-12-6-5-9-18(2)11-12/h4,7-8,12,17H,5-6,9-11H2,1-3H3. The molecule has 116 valence electrons. The molecule has 0 aromatic heterocycles. The van der Waals surface area contributed by atoms with Gasteiger partial charge in [0.25, 0.3) is 0 Å². The second-order valence-electron chi connectivity index (χ2n) is 5.43. The number of likely N-dealkylation sites (tertiary alicyclic amines) is 1. The molecule has 1 aromatic rings. The van der Waals surface area contributed by atoms with Crippen LogP contribution in [0.15, 0.2) is 18.2 Å². The molecule has 5 heteroatoms. The number of rotatable bonds is 6. The summed E-state index contributed by atoms with van der Waals surface area (Å²) in [6.45, 7) is 2.25. The maximum atomic E-state index is 12.2. The predicted octanol–water partition coefficient (Wildman–Crippen LogP) is 1.57. The van der Waals surface area contributed by atoms with Crippen molar-refractivity contribution in [1.29, 1.82) is 0 Å². The lowest BCUT2D eigenvalue weighted by Gasteiger charge is -2.30. The van der Waals surface area contributed by atoms with Crippen LogP contribution in [0.4, 0.5) is 0 Å². The first-order valence-corrected chi connectivity index (χ1v) is 7.35. The minimum atomic E-state index is 0.00978. The number of nitrogens with zero attached hydrogens (tertiary/aromatic N) is 1. The van der Waals surface area contributed by atoms with Crippen molar-refractivity contribution < 1.29 is 14.3 Å². The smallest absolute Gasteiger partial charge is 0.180 e. The summed E-state index contributed by atoms with van der Waals surface area (Å²) in [7, 11) is 5.45. The summed E-state index contributed by atoms with van der Waals surface area (Å²) in [6, 6.07) is 5.45. The third kappa shape index (κ3) is 3.95. The highest BCUT2D eigenvalue weighted by atomic mass is 16.5. The molecule has 0 radical (unpaired) electrons. The van der Waals surface area contributed by atoms with Crippen molar-refractivity contribution in [2.24, 2.45) is 0 Å². The van der Waals surface area contributed by atoms with Gasteiger partial charge in [-0.05, 0) is 45.6 Å². The number of carbonyl (C=O) groups excluding carboxylic acids is 1. The van der Waals surface area contributed by atoms with E-state index >= 15 is 0 Å². The topological polar surface area (TPSA) is 50.8 Å². The van der Waals surface area contributed by atoms with Crippen molar-refractivity contribution in [3.05, 3.63) is 23.8 Å². The van der Waals surface area contributed by atoms with Crippen LogP contribution < -0.4 is 14.8 Å². The van der Waals surface area contributed by atoms with Gasteiger partial charge in [-0.3, -0.25) is 4.79 Å². The molecule has 0 amide bonds. The molecular formula is C16H24N2O3. The highest BCUT2D eigenvalue weighted by Gasteiger charge is 2.23. The summed E-state index contributed by atoms with van der Waals surface area (Å²) < 4.78 is 11.5. The largest absolute Gasteiger partial charge is 0.493 e. The molecule has 1 atom stereocenters. The number of hydrogen-bond acceptors (Lipinski definition) is 5. The number of para-hydroxylation sites is 1. The van der Waals surface area contributed by atoms with Crippen LogP contribution in [-0.2, 0) is 0 Å². The van der Waals surface area contributed by atoms with Gasteiger partial charge in [-0.1, -0.05) is 6.07 Å². The van der Waals surface area contributed by atoms with Crippen LogP contribution in [0.1, 0.15) is 23.2 Å². The molecule has 5 nitrogen and oxygen atoms in total. The first-order chi connectivity index (χ1) is 10.2. The minimum absolute atomic E-state index is 0.00978. The SMILES string of the molecule is CNCC(=O)c1cccc(OC)c1OC1CCCN(C)C1. The average Bonchev–Trinajstić information content (AvgIpc) is 2.47. The molecule has 2 rings (SSSR count). The van der Waals surface area contributed by atoms with Gasteiger partial charge in [-0.15, -0.1) is 0 Å². The van der Waals surface area contributed by atoms with E-state index in [1.165, 1.54) is 0 Å². The third-order valence-electron chi connectivity index (χ3n) is 3.70. The first-order valence-electron chi connectivity index (χ1n) is 7.35. The second-order valence-corrected chi connectivity index (χ2v) is 5.43. The number of likely N-dealkylation sites (N-methyl/N-ethyl adjacent to an activating group) is 2. The fraction of sp³-hybridized carbons (Fsp3) is 0.562. The predicted molar refractivity (Wildman–Crippen MR) is 82.4 cm³/mol. The second kappa shape index (κ2) is 7.43. The highest BCUT2D eigenvalue weighted by molar-refractivity contribution is 6.00. The van der Waals surface area contributed by atoms with E-state index in [1.807, 2.05) is 12.1 Å². The number of ether oxygens (including phenoxy) is 2. The number of carbonyl (C=O) groups is 1. The summed E-state index contributed by atoms with van der Waals surface area (Å²) in [5.41, 5.74) is 0.580. The van der Waals surface area contributed by atoms with Gasteiger partial charge < -0.3 is 19.7 Å². The Kier molecular flexibility index (Phi) is 5.59. The molecule has 1 N–H and O–H groups in total. The molecule has 0 bridgehead atoms. The Morgan fingerprint density at radius 1 is 1.48 bits per heavy atom. The zero-order chi connectivity index (χ0) is 15.2. The van der Waals surface area contributed by atoms with Crippen LogP contribution in [0, 0.1) is 0 Å². The van der Waals surface area contributed by atoms with Crippen LogP contribution in [-0.4, -0.2) is 57.6 Å². The third-order valence-corrected chi connectivity index (χ3v) is 3.70. The summed E-state index contributed by atoms with van der Waals surface area (Å²) in [5, 5.41) is 2.89. The molecule has 1 heterocycles. The molecule has 21 heavy (non-hydrogen) atoms. The molecule has 1 aliphatic heterocycles. The van der Waals surface area contributed by atoms with Gasteiger partial charge in [0.05, 0.1) is 19.2 Å². The van der Waals surface area contributed by atoms with Crippen LogP contribution >= 0.6 is 0 Å². The Balaban J connectivity index is 2.24. The Morgan fingerprint density at radius 3 is 2.95 bits per heavy atom. The maximum absolute atomic E-state index is 12.2. The van der Waals surface area contributed by atoms with Crippen molar-refractivity contribution in [3.8, 4) is 11.5 Å². The van der Waals surface area contributed by atoms with Gasteiger partial charge in [-0.25, -0.2) is 0 Å². The van der Waals surface area contributed by atoms with Crippen molar-refractivity contribution in [2.45, 2.75) is 18.9 Å². The molecule has 1 saturated heterocycles. The maximum Gasteiger partial charge on any atom is 0.180 e. The van der Waals surface area contributed by atoms with Crippen LogP contribution in [0.3, 0.4) is 0 Å². The van der Waals surface area contributed by atoms with E-state index in [9.17, 15) is 4.79 Å². The van der Waals surface area contributed by atoms with E-state index in [4.69, 9.17) is 9.47 Å². The monoisotopic (exact) mass is 292 g/mol. The number of nitrogens with one attached hydrogen (secondary N) is 1. The number of ketones is 1. The van der Waals surface area contributed by atoms with Gasteiger partial charge in [0.2, 0.25) is 0 Å². The molecular weight excluding hydrogens is 268 g/mol. The van der Waals surface area contributed by atoms with Crippen molar-refractivity contribution in [1.82, 2.24) is 10.2 Å². The first kappa shape index (κ1) is 15.8. The fourth-order valence-electron chi connectivity index (χ4n) is 2.66. The van der Waals surface area contributed by atoms with Gasteiger partial charge in [0, 0.05) is 6.54 Å². The molecule has 0 aliphatic carbocycles. The summed E-state index contributed by atoms with van der Waals surface area (Å²) in [4.78, 5) is 14.5.